The highest BCUT2D eigenvalue weighted by Gasteiger charge is 2.24. The van der Waals surface area contributed by atoms with Gasteiger partial charge in [0.25, 0.3) is 0 Å². The molecule has 1 atom stereocenters. The van der Waals surface area contributed by atoms with Gasteiger partial charge in [0.15, 0.2) is 0 Å². The Bertz CT molecular complexity index is 642. The molecule has 0 spiro atoms. The van der Waals surface area contributed by atoms with Crippen LogP contribution in [0.15, 0.2) is 54.9 Å². The molecule has 0 aliphatic carbocycles. The minimum absolute atomic E-state index is 0.0171. The van der Waals surface area contributed by atoms with Crippen molar-refractivity contribution in [3.05, 3.63) is 60.4 Å². The molecule has 0 aliphatic rings. The quantitative estimate of drug-likeness (QED) is 0.860. The second kappa shape index (κ2) is 8.08. The zero-order chi connectivity index (χ0) is 16.7. The highest BCUT2D eigenvalue weighted by molar-refractivity contribution is 5.97. The SMILES string of the molecule is CC(C)[C@H](NC(=O)Cc1ccccc1)C(=O)Nc1ccncc1. The Morgan fingerprint density at radius 3 is 2.30 bits per heavy atom. The van der Waals surface area contributed by atoms with Gasteiger partial charge in [-0.15, -0.1) is 0 Å². The van der Waals surface area contributed by atoms with Crippen molar-refractivity contribution in [3.63, 3.8) is 0 Å². The van der Waals surface area contributed by atoms with Crippen molar-refractivity contribution in [2.75, 3.05) is 5.32 Å². The number of carbonyl (C=O) groups is 2. The third-order valence-electron chi connectivity index (χ3n) is 3.42. The molecule has 120 valence electrons. The van der Waals surface area contributed by atoms with E-state index in [1.54, 1.807) is 24.5 Å². The molecular formula is C18H21N3O2. The summed E-state index contributed by atoms with van der Waals surface area (Å²) in [5.41, 5.74) is 1.58. The zero-order valence-corrected chi connectivity index (χ0v) is 13.3. The van der Waals surface area contributed by atoms with Crippen LogP contribution >= 0.6 is 0 Å². The predicted molar refractivity (Wildman–Crippen MR) is 89.8 cm³/mol. The maximum atomic E-state index is 12.4. The Balaban J connectivity index is 1.98. The Morgan fingerprint density at radius 1 is 1.04 bits per heavy atom. The maximum Gasteiger partial charge on any atom is 0.247 e. The minimum atomic E-state index is -0.584. The molecule has 5 nitrogen and oxygen atoms in total. The molecule has 0 fully saturated rings. The van der Waals surface area contributed by atoms with Crippen molar-refractivity contribution < 1.29 is 9.59 Å². The van der Waals surface area contributed by atoms with E-state index >= 15 is 0 Å². The van der Waals surface area contributed by atoms with Crippen LogP contribution in [-0.2, 0) is 16.0 Å². The number of aromatic nitrogens is 1. The van der Waals surface area contributed by atoms with Crippen LogP contribution in [0.2, 0.25) is 0 Å². The van der Waals surface area contributed by atoms with Crippen LogP contribution in [0.1, 0.15) is 19.4 Å². The second-order valence-corrected chi connectivity index (χ2v) is 5.68. The van der Waals surface area contributed by atoms with Crippen molar-refractivity contribution in [2.45, 2.75) is 26.3 Å². The van der Waals surface area contributed by atoms with Gasteiger partial charge in [-0.3, -0.25) is 14.6 Å². The molecule has 0 unspecified atom stereocenters. The monoisotopic (exact) mass is 311 g/mol. The normalized spacial score (nSPS) is 11.8. The molecule has 23 heavy (non-hydrogen) atoms. The summed E-state index contributed by atoms with van der Waals surface area (Å²) in [5.74, 6) is -0.413. The number of nitrogens with one attached hydrogen (secondary N) is 2. The largest absolute Gasteiger partial charge is 0.344 e. The lowest BCUT2D eigenvalue weighted by Crippen LogP contribution is -2.47. The fourth-order valence-electron chi connectivity index (χ4n) is 2.20. The van der Waals surface area contributed by atoms with Crippen molar-refractivity contribution in [2.24, 2.45) is 5.92 Å². The van der Waals surface area contributed by atoms with Crippen LogP contribution < -0.4 is 10.6 Å². The first-order chi connectivity index (χ1) is 11.1. The molecule has 5 heteroatoms. The number of rotatable bonds is 6. The van der Waals surface area contributed by atoms with E-state index in [2.05, 4.69) is 15.6 Å². The van der Waals surface area contributed by atoms with Gasteiger partial charge in [-0.2, -0.15) is 0 Å². The van der Waals surface area contributed by atoms with Gasteiger partial charge in [-0.05, 0) is 23.6 Å². The molecule has 2 amide bonds. The number of pyridine rings is 1. The molecule has 2 rings (SSSR count). The summed E-state index contributed by atoms with van der Waals surface area (Å²) in [6.45, 7) is 3.80. The number of carbonyl (C=O) groups excluding carboxylic acids is 2. The van der Waals surface area contributed by atoms with Gasteiger partial charge in [-0.25, -0.2) is 0 Å². The molecule has 1 aromatic heterocycles. The van der Waals surface area contributed by atoms with E-state index in [0.29, 0.717) is 5.69 Å². The van der Waals surface area contributed by atoms with Gasteiger partial charge in [0, 0.05) is 18.1 Å². The topological polar surface area (TPSA) is 71.1 Å². The lowest BCUT2D eigenvalue weighted by Gasteiger charge is -2.21. The lowest BCUT2D eigenvalue weighted by atomic mass is 10.0. The van der Waals surface area contributed by atoms with Crippen molar-refractivity contribution >= 4 is 17.5 Å². The maximum absolute atomic E-state index is 12.4. The van der Waals surface area contributed by atoms with Gasteiger partial charge in [0.2, 0.25) is 11.8 Å². The summed E-state index contributed by atoms with van der Waals surface area (Å²) in [7, 11) is 0. The average molecular weight is 311 g/mol. The zero-order valence-electron chi connectivity index (χ0n) is 13.3. The Morgan fingerprint density at radius 2 is 1.70 bits per heavy atom. The summed E-state index contributed by atoms with van der Waals surface area (Å²) in [6.07, 6.45) is 3.47. The van der Waals surface area contributed by atoms with Gasteiger partial charge in [-0.1, -0.05) is 44.2 Å². The summed E-state index contributed by atoms with van der Waals surface area (Å²) < 4.78 is 0. The molecule has 1 heterocycles. The van der Waals surface area contributed by atoms with Gasteiger partial charge in [0.1, 0.15) is 6.04 Å². The van der Waals surface area contributed by atoms with E-state index in [1.807, 2.05) is 44.2 Å². The molecule has 0 bridgehead atoms. The standard InChI is InChI=1S/C18H21N3O2/c1-13(2)17(18(23)20-15-8-10-19-11-9-15)21-16(22)12-14-6-4-3-5-7-14/h3-11,13,17H,12H2,1-2H3,(H,21,22)(H,19,20,23)/t17-/m0/s1. The highest BCUT2D eigenvalue weighted by atomic mass is 16.2. The molecule has 0 saturated carbocycles. The van der Waals surface area contributed by atoms with E-state index in [4.69, 9.17) is 0 Å². The molecule has 2 N–H and O–H groups in total. The Labute approximate surface area is 136 Å². The molecule has 0 saturated heterocycles. The third kappa shape index (κ3) is 5.21. The number of hydrogen-bond acceptors (Lipinski definition) is 3. The minimum Gasteiger partial charge on any atom is -0.344 e. The number of nitrogens with zero attached hydrogens (tertiary/aromatic N) is 1. The molecule has 1 aromatic carbocycles. The summed E-state index contributed by atoms with van der Waals surface area (Å²) in [6, 6.07) is 12.3. The first-order valence-corrected chi connectivity index (χ1v) is 7.60. The van der Waals surface area contributed by atoms with Crippen LogP contribution in [-0.4, -0.2) is 22.8 Å². The number of anilines is 1. The van der Waals surface area contributed by atoms with Crippen LogP contribution in [0.3, 0.4) is 0 Å². The van der Waals surface area contributed by atoms with Gasteiger partial charge < -0.3 is 10.6 Å². The van der Waals surface area contributed by atoms with Crippen LogP contribution in [0.25, 0.3) is 0 Å². The molecule has 0 radical (unpaired) electrons. The van der Waals surface area contributed by atoms with Crippen molar-refractivity contribution in [3.8, 4) is 0 Å². The predicted octanol–water partition coefficient (Wildman–Crippen LogP) is 2.40. The fraction of sp³-hybridized carbons (Fsp3) is 0.278. The van der Waals surface area contributed by atoms with E-state index in [-0.39, 0.29) is 24.2 Å². The van der Waals surface area contributed by atoms with E-state index in [0.717, 1.165) is 5.56 Å². The lowest BCUT2D eigenvalue weighted by molar-refractivity contribution is -0.127. The summed E-state index contributed by atoms with van der Waals surface area (Å²) >= 11 is 0. The van der Waals surface area contributed by atoms with Crippen LogP contribution in [0.5, 0.6) is 0 Å². The fourth-order valence-corrected chi connectivity index (χ4v) is 2.20. The van der Waals surface area contributed by atoms with Crippen molar-refractivity contribution in [1.82, 2.24) is 10.3 Å². The number of amides is 2. The first-order valence-electron chi connectivity index (χ1n) is 7.60. The second-order valence-electron chi connectivity index (χ2n) is 5.68. The molecule has 2 aromatic rings. The van der Waals surface area contributed by atoms with Crippen molar-refractivity contribution in [1.29, 1.82) is 0 Å². The van der Waals surface area contributed by atoms with Gasteiger partial charge >= 0.3 is 0 Å². The summed E-state index contributed by atoms with van der Waals surface area (Å²) in [5, 5.41) is 5.62. The molecular weight excluding hydrogens is 290 g/mol. The highest BCUT2D eigenvalue weighted by Crippen LogP contribution is 2.09. The molecule has 0 aliphatic heterocycles. The first kappa shape index (κ1) is 16.7. The van der Waals surface area contributed by atoms with Crippen LogP contribution in [0.4, 0.5) is 5.69 Å². The third-order valence-corrected chi connectivity index (χ3v) is 3.42. The smallest absolute Gasteiger partial charge is 0.247 e. The van der Waals surface area contributed by atoms with E-state index in [1.165, 1.54) is 0 Å². The average Bonchev–Trinajstić information content (AvgIpc) is 2.54. The Kier molecular flexibility index (Phi) is 5.86. The van der Waals surface area contributed by atoms with E-state index in [9.17, 15) is 9.59 Å². The number of hydrogen-bond donors (Lipinski definition) is 2. The summed E-state index contributed by atoms with van der Waals surface area (Å²) in [4.78, 5) is 28.5. The van der Waals surface area contributed by atoms with Gasteiger partial charge in [0.05, 0.1) is 6.42 Å². The Hall–Kier alpha value is -2.69. The van der Waals surface area contributed by atoms with Crippen LogP contribution in [0, 0.1) is 5.92 Å². The number of benzene rings is 1. The van der Waals surface area contributed by atoms with E-state index < -0.39 is 6.04 Å².